The second-order valence-corrected chi connectivity index (χ2v) is 6.73. The average molecular weight is 358 g/mol. The van der Waals surface area contributed by atoms with Gasteiger partial charge in [-0.05, 0) is 28.1 Å². The van der Waals surface area contributed by atoms with Gasteiger partial charge in [0.2, 0.25) is 0 Å². The SMILES string of the molecule is CC(C)(C)c1[nH]nc(-c2ccc(Br)cc2)c1Br. The van der Waals surface area contributed by atoms with Gasteiger partial charge < -0.3 is 0 Å². The van der Waals surface area contributed by atoms with Crippen molar-refractivity contribution in [2.24, 2.45) is 0 Å². The number of nitrogens with zero attached hydrogens (tertiary/aromatic N) is 1. The Morgan fingerprint density at radius 3 is 2.12 bits per heavy atom. The van der Waals surface area contributed by atoms with Crippen LogP contribution in [-0.2, 0) is 5.41 Å². The van der Waals surface area contributed by atoms with Gasteiger partial charge in [-0.25, -0.2) is 0 Å². The molecule has 4 heteroatoms. The molecule has 1 heterocycles. The highest BCUT2D eigenvalue weighted by Gasteiger charge is 2.22. The van der Waals surface area contributed by atoms with E-state index < -0.39 is 0 Å². The molecule has 0 spiro atoms. The first kappa shape index (κ1) is 12.8. The van der Waals surface area contributed by atoms with Gasteiger partial charge in [0.1, 0.15) is 5.69 Å². The lowest BCUT2D eigenvalue weighted by Gasteiger charge is -2.16. The highest BCUT2D eigenvalue weighted by molar-refractivity contribution is 9.10. The van der Waals surface area contributed by atoms with E-state index in [1.165, 1.54) is 0 Å². The largest absolute Gasteiger partial charge is 0.280 e. The van der Waals surface area contributed by atoms with Crippen molar-refractivity contribution in [3.63, 3.8) is 0 Å². The number of halogens is 2. The number of nitrogens with one attached hydrogen (secondary N) is 1. The predicted octanol–water partition coefficient (Wildman–Crippen LogP) is 4.90. The van der Waals surface area contributed by atoms with E-state index >= 15 is 0 Å². The summed E-state index contributed by atoms with van der Waals surface area (Å²) < 4.78 is 2.12. The molecule has 0 fully saturated rings. The van der Waals surface area contributed by atoms with Crippen molar-refractivity contribution in [2.45, 2.75) is 26.2 Å². The fourth-order valence-corrected chi connectivity index (χ4v) is 2.89. The summed E-state index contributed by atoms with van der Waals surface area (Å²) in [6.45, 7) is 6.49. The van der Waals surface area contributed by atoms with Gasteiger partial charge in [-0.15, -0.1) is 0 Å². The summed E-state index contributed by atoms with van der Waals surface area (Å²) in [4.78, 5) is 0. The average Bonchev–Trinajstić information content (AvgIpc) is 2.61. The van der Waals surface area contributed by atoms with Crippen LogP contribution in [-0.4, -0.2) is 10.2 Å². The third-order valence-electron chi connectivity index (χ3n) is 2.57. The topological polar surface area (TPSA) is 28.7 Å². The normalized spacial score (nSPS) is 11.8. The Bertz CT molecular complexity index is 521. The number of hydrogen-bond acceptors (Lipinski definition) is 1. The van der Waals surface area contributed by atoms with E-state index in [0.717, 1.165) is 25.9 Å². The van der Waals surface area contributed by atoms with E-state index in [4.69, 9.17) is 0 Å². The van der Waals surface area contributed by atoms with Gasteiger partial charge in [-0.2, -0.15) is 5.10 Å². The summed E-state index contributed by atoms with van der Waals surface area (Å²) in [6.07, 6.45) is 0. The van der Waals surface area contributed by atoms with E-state index in [1.54, 1.807) is 0 Å². The molecule has 1 aromatic carbocycles. The molecule has 0 saturated carbocycles. The lowest BCUT2D eigenvalue weighted by Crippen LogP contribution is -2.12. The highest BCUT2D eigenvalue weighted by Crippen LogP contribution is 2.35. The van der Waals surface area contributed by atoms with Crippen molar-refractivity contribution in [3.8, 4) is 11.3 Å². The van der Waals surface area contributed by atoms with Gasteiger partial charge in [0.15, 0.2) is 0 Å². The summed E-state index contributed by atoms with van der Waals surface area (Å²) in [5.41, 5.74) is 3.24. The molecule has 2 rings (SSSR count). The Hall–Kier alpha value is -0.610. The number of H-pyrrole nitrogens is 1. The lowest BCUT2D eigenvalue weighted by molar-refractivity contribution is 0.564. The minimum Gasteiger partial charge on any atom is -0.280 e. The molecule has 0 unspecified atom stereocenters. The van der Waals surface area contributed by atoms with Crippen LogP contribution in [0.15, 0.2) is 33.2 Å². The monoisotopic (exact) mass is 356 g/mol. The third-order valence-corrected chi connectivity index (χ3v) is 3.88. The highest BCUT2D eigenvalue weighted by atomic mass is 79.9. The van der Waals surface area contributed by atoms with Crippen molar-refractivity contribution in [3.05, 3.63) is 38.9 Å². The number of benzene rings is 1. The first-order chi connectivity index (χ1) is 7.89. The van der Waals surface area contributed by atoms with Gasteiger partial charge in [0.25, 0.3) is 0 Å². The first-order valence-electron chi connectivity index (χ1n) is 5.40. The molecule has 1 aromatic heterocycles. The molecular formula is C13H14Br2N2. The van der Waals surface area contributed by atoms with E-state index in [-0.39, 0.29) is 5.41 Å². The summed E-state index contributed by atoms with van der Waals surface area (Å²) in [6, 6.07) is 8.15. The number of rotatable bonds is 1. The second-order valence-electron chi connectivity index (χ2n) is 5.02. The summed E-state index contributed by atoms with van der Waals surface area (Å²) in [5.74, 6) is 0. The van der Waals surface area contributed by atoms with Crippen LogP contribution in [0.25, 0.3) is 11.3 Å². The van der Waals surface area contributed by atoms with E-state index in [1.807, 2.05) is 12.1 Å². The minimum absolute atomic E-state index is 0.0550. The zero-order valence-corrected chi connectivity index (χ0v) is 13.2. The van der Waals surface area contributed by atoms with E-state index in [0.29, 0.717) is 0 Å². The smallest absolute Gasteiger partial charge is 0.107 e. The zero-order chi connectivity index (χ0) is 12.6. The van der Waals surface area contributed by atoms with Crippen LogP contribution in [0, 0.1) is 0 Å². The van der Waals surface area contributed by atoms with Gasteiger partial charge in [0.05, 0.1) is 10.2 Å². The number of aromatic nitrogens is 2. The number of aromatic amines is 1. The van der Waals surface area contributed by atoms with Crippen molar-refractivity contribution in [2.75, 3.05) is 0 Å². The van der Waals surface area contributed by atoms with E-state index in [2.05, 4.69) is 75.0 Å². The van der Waals surface area contributed by atoms with Crippen molar-refractivity contribution < 1.29 is 0 Å². The molecule has 1 N–H and O–H groups in total. The Morgan fingerprint density at radius 2 is 1.65 bits per heavy atom. The molecule has 0 atom stereocenters. The van der Waals surface area contributed by atoms with Crippen molar-refractivity contribution in [1.29, 1.82) is 0 Å². The lowest BCUT2D eigenvalue weighted by atomic mass is 9.92. The molecule has 0 radical (unpaired) electrons. The van der Waals surface area contributed by atoms with E-state index in [9.17, 15) is 0 Å². The van der Waals surface area contributed by atoms with Crippen LogP contribution in [0.2, 0.25) is 0 Å². The Labute approximate surface area is 118 Å². The van der Waals surface area contributed by atoms with Gasteiger partial charge >= 0.3 is 0 Å². The summed E-state index contributed by atoms with van der Waals surface area (Å²) in [5, 5.41) is 7.51. The molecule has 2 aromatic rings. The van der Waals surface area contributed by atoms with Crippen molar-refractivity contribution in [1.82, 2.24) is 10.2 Å². The molecule has 2 nitrogen and oxygen atoms in total. The third kappa shape index (κ3) is 2.63. The minimum atomic E-state index is 0.0550. The Morgan fingerprint density at radius 1 is 1.06 bits per heavy atom. The molecule has 0 aliphatic rings. The van der Waals surface area contributed by atoms with Crippen LogP contribution in [0.4, 0.5) is 0 Å². The zero-order valence-electron chi connectivity index (χ0n) is 10.0. The number of hydrogen-bond donors (Lipinski definition) is 1. The molecule has 0 amide bonds. The van der Waals surface area contributed by atoms with Crippen LogP contribution < -0.4 is 0 Å². The molecule has 0 bridgehead atoms. The van der Waals surface area contributed by atoms with Crippen LogP contribution >= 0.6 is 31.9 Å². The Balaban J connectivity index is 2.48. The maximum atomic E-state index is 4.39. The van der Waals surface area contributed by atoms with Gasteiger partial charge in [-0.1, -0.05) is 48.8 Å². The fraction of sp³-hybridized carbons (Fsp3) is 0.308. The van der Waals surface area contributed by atoms with Crippen LogP contribution in [0.3, 0.4) is 0 Å². The molecule has 0 saturated heterocycles. The molecular weight excluding hydrogens is 344 g/mol. The standard InChI is InChI=1S/C13H14Br2N2/c1-13(2,3)12-10(15)11(16-17-12)8-4-6-9(14)7-5-8/h4-7H,1-3H3,(H,16,17). The summed E-state index contributed by atoms with van der Waals surface area (Å²) in [7, 11) is 0. The molecule has 90 valence electrons. The van der Waals surface area contributed by atoms with Gasteiger partial charge in [-0.3, -0.25) is 5.10 Å². The van der Waals surface area contributed by atoms with Crippen molar-refractivity contribution >= 4 is 31.9 Å². The second kappa shape index (κ2) is 4.58. The molecule has 17 heavy (non-hydrogen) atoms. The Kier molecular flexibility index (Phi) is 3.46. The van der Waals surface area contributed by atoms with Crippen LogP contribution in [0.1, 0.15) is 26.5 Å². The maximum Gasteiger partial charge on any atom is 0.107 e. The molecule has 0 aliphatic carbocycles. The quantitative estimate of drug-likeness (QED) is 0.772. The molecule has 0 aliphatic heterocycles. The fourth-order valence-electron chi connectivity index (χ4n) is 1.62. The summed E-state index contributed by atoms with van der Waals surface area (Å²) >= 11 is 7.07. The van der Waals surface area contributed by atoms with Gasteiger partial charge in [0, 0.05) is 15.5 Å². The maximum absolute atomic E-state index is 4.39. The first-order valence-corrected chi connectivity index (χ1v) is 6.98. The predicted molar refractivity (Wildman–Crippen MR) is 78.1 cm³/mol. The van der Waals surface area contributed by atoms with Crippen LogP contribution in [0.5, 0.6) is 0 Å².